The fourth-order valence-electron chi connectivity index (χ4n) is 4.01. The van der Waals surface area contributed by atoms with Gasteiger partial charge in [0.1, 0.15) is 0 Å². The van der Waals surface area contributed by atoms with Crippen molar-refractivity contribution in [1.29, 1.82) is 0 Å². The average Bonchev–Trinajstić information content (AvgIpc) is 2.80. The molecular weight excluding hydrogens is 444 g/mol. The summed E-state index contributed by atoms with van der Waals surface area (Å²) in [6.45, 7) is 2.78. The lowest BCUT2D eigenvalue weighted by Crippen LogP contribution is -2.37. The summed E-state index contributed by atoms with van der Waals surface area (Å²) < 4.78 is 31.9. The van der Waals surface area contributed by atoms with Crippen LogP contribution in [0.1, 0.15) is 21.5 Å². The predicted octanol–water partition coefficient (Wildman–Crippen LogP) is 1.54. The van der Waals surface area contributed by atoms with Gasteiger partial charge in [-0.25, -0.2) is 12.7 Å². The maximum atomic E-state index is 13.4. The standard InChI is InChI=1S/C23H28N4O5S/c1-25(2)33(30,31)19-6-7-21(27-8-10-32-11-9-27)20(14-19)23(29)24-18-5-4-16-13-22(28)26(3)15-17(16)12-18/h4-7,12,14H,8-11,13,15H2,1-3H3,(H,24,29). The van der Waals surface area contributed by atoms with Crippen molar-refractivity contribution in [1.82, 2.24) is 9.21 Å². The van der Waals surface area contributed by atoms with Crippen LogP contribution in [0, 0.1) is 0 Å². The molecule has 0 bridgehead atoms. The zero-order valence-corrected chi connectivity index (χ0v) is 19.8. The molecular formula is C23H28N4O5S. The minimum atomic E-state index is -3.70. The van der Waals surface area contributed by atoms with E-state index in [0.717, 1.165) is 15.4 Å². The number of amides is 2. The number of nitrogens with zero attached hydrogens (tertiary/aromatic N) is 3. The first kappa shape index (κ1) is 23.2. The Morgan fingerprint density at radius 3 is 2.48 bits per heavy atom. The van der Waals surface area contributed by atoms with Crippen molar-refractivity contribution < 1.29 is 22.7 Å². The Kier molecular flexibility index (Phi) is 6.42. The van der Waals surface area contributed by atoms with E-state index in [4.69, 9.17) is 4.74 Å². The second-order valence-corrected chi connectivity index (χ2v) is 10.6. The van der Waals surface area contributed by atoms with Crippen molar-refractivity contribution in [3.05, 3.63) is 53.1 Å². The number of rotatable bonds is 5. The van der Waals surface area contributed by atoms with Gasteiger partial charge in [-0.2, -0.15) is 0 Å². The fourth-order valence-corrected chi connectivity index (χ4v) is 4.94. The molecule has 0 unspecified atom stereocenters. The molecule has 0 aromatic heterocycles. The molecule has 0 atom stereocenters. The second kappa shape index (κ2) is 9.12. The molecule has 2 aromatic rings. The summed E-state index contributed by atoms with van der Waals surface area (Å²) in [6, 6.07) is 10.1. The minimum Gasteiger partial charge on any atom is -0.378 e. The summed E-state index contributed by atoms with van der Waals surface area (Å²) >= 11 is 0. The van der Waals surface area contributed by atoms with Gasteiger partial charge < -0.3 is 19.9 Å². The van der Waals surface area contributed by atoms with Crippen molar-refractivity contribution in [2.45, 2.75) is 17.9 Å². The third kappa shape index (κ3) is 4.73. The van der Waals surface area contributed by atoms with Crippen LogP contribution < -0.4 is 10.2 Å². The monoisotopic (exact) mass is 472 g/mol. The first-order chi connectivity index (χ1) is 15.7. The zero-order valence-electron chi connectivity index (χ0n) is 19.0. The van der Waals surface area contributed by atoms with E-state index in [1.54, 1.807) is 24.1 Å². The van der Waals surface area contributed by atoms with Gasteiger partial charge in [-0.15, -0.1) is 0 Å². The molecule has 0 aliphatic carbocycles. The first-order valence-electron chi connectivity index (χ1n) is 10.7. The number of benzene rings is 2. The topological polar surface area (TPSA) is 99.3 Å². The number of ether oxygens (including phenoxy) is 1. The highest BCUT2D eigenvalue weighted by molar-refractivity contribution is 7.89. The number of anilines is 2. The molecule has 9 nitrogen and oxygen atoms in total. The Bertz CT molecular complexity index is 1190. The largest absolute Gasteiger partial charge is 0.378 e. The lowest BCUT2D eigenvalue weighted by molar-refractivity contribution is -0.130. The van der Waals surface area contributed by atoms with Crippen LogP contribution in [0.4, 0.5) is 11.4 Å². The summed E-state index contributed by atoms with van der Waals surface area (Å²) in [5, 5.41) is 2.91. The molecule has 4 rings (SSSR count). The van der Waals surface area contributed by atoms with Crippen molar-refractivity contribution in [3.63, 3.8) is 0 Å². The molecule has 176 valence electrons. The number of sulfonamides is 1. The van der Waals surface area contributed by atoms with Gasteiger partial charge in [-0.1, -0.05) is 6.07 Å². The van der Waals surface area contributed by atoms with Gasteiger partial charge in [-0.3, -0.25) is 9.59 Å². The van der Waals surface area contributed by atoms with Crippen LogP contribution >= 0.6 is 0 Å². The van der Waals surface area contributed by atoms with Crippen LogP contribution in [-0.4, -0.2) is 76.9 Å². The predicted molar refractivity (Wildman–Crippen MR) is 125 cm³/mol. The van der Waals surface area contributed by atoms with Crippen LogP contribution in [0.2, 0.25) is 0 Å². The minimum absolute atomic E-state index is 0.0558. The third-order valence-electron chi connectivity index (χ3n) is 5.98. The highest BCUT2D eigenvalue weighted by Gasteiger charge is 2.25. The van der Waals surface area contributed by atoms with Gasteiger partial charge in [0.05, 0.1) is 30.1 Å². The maximum Gasteiger partial charge on any atom is 0.257 e. The van der Waals surface area contributed by atoms with Crippen molar-refractivity contribution in [3.8, 4) is 0 Å². The zero-order chi connectivity index (χ0) is 23.8. The molecule has 10 heteroatoms. The Morgan fingerprint density at radius 2 is 1.79 bits per heavy atom. The highest BCUT2D eigenvalue weighted by Crippen LogP contribution is 2.28. The second-order valence-electron chi connectivity index (χ2n) is 8.43. The summed E-state index contributed by atoms with van der Waals surface area (Å²) in [7, 11) is 0.964. The van der Waals surface area contributed by atoms with E-state index in [1.807, 2.05) is 17.0 Å². The third-order valence-corrected chi connectivity index (χ3v) is 7.79. The van der Waals surface area contributed by atoms with Gasteiger partial charge in [0.15, 0.2) is 0 Å². The maximum absolute atomic E-state index is 13.4. The van der Waals surface area contributed by atoms with Crippen LogP contribution in [0.5, 0.6) is 0 Å². The number of hydrogen-bond acceptors (Lipinski definition) is 6. The SMILES string of the molecule is CN1Cc2cc(NC(=O)c3cc(S(=O)(=O)N(C)C)ccc3N3CCOCC3)ccc2CC1=O. The first-order valence-corrected chi connectivity index (χ1v) is 12.2. The molecule has 33 heavy (non-hydrogen) atoms. The van der Waals surface area contributed by atoms with E-state index < -0.39 is 15.9 Å². The molecule has 1 fully saturated rings. The Morgan fingerprint density at radius 1 is 1.06 bits per heavy atom. The van der Waals surface area contributed by atoms with Gasteiger partial charge in [0.2, 0.25) is 15.9 Å². The number of carbonyl (C=O) groups excluding carboxylic acids is 2. The number of nitrogens with one attached hydrogen (secondary N) is 1. The lowest BCUT2D eigenvalue weighted by Gasteiger charge is -2.30. The number of carbonyl (C=O) groups is 2. The Hall–Kier alpha value is -2.95. The molecule has 2 aliphatic rings. The highest BCUT2D eigenvalue weighted by atomic mass is 32.2. The Balaban J connectivity index is 1.68. The van der Waals surface area contributed by atoms with E-state index >= 15 is 0 Å². The molecule has 1 saturated heterocycles. The van der Waals surface area contributed by atoms with Crippen LogP contribution in [0.15, 0.2) is 41.3 Å². The summed E-state index contributed by atoms with van der Waals surface area (Å²) in [5.41, 5.74) is 3.47. The average molecular weight is 473 g/mol. The van der Waals surface area contributed by atoms with Crippen molar-refractivity contribution in [2.75, 3.05) is 57.7 Å². The number of fused-ring (bicyclic) bond motifs is 1. The van der Waals surface area contributed by atoms with Gasteiger partial charge in [0.25, 0.3) is 5.91 Å². The molecule has 2 heterocycles. The van der Waals surface area contributed by atoms with E-state index in [9.17, 15) is 18.0 Å². The van der Waals surface area contributed by atoms with E-state index in [0.29, 0.717) is 50.6 Å². The van der Waals surface area contributed by atoms with Crippen LogP contribution in [0.25, 0.3) is 0 Å². The molecule has 0 spiro atoms. The number of morpholine rings is 1. The van der Waals surface area contributed by atoms with Crippen molar-refractivity contribution >= 4 is 33.2 Å². The molecule has 1 N–H and O–H groups in total. The number of hydrogen-bond donors (Lipinski definition) is 1. The Labute approximate surface area is 194 Å². The fraction of sp³-hybridized carbons (Fsp3) is 0.391. The van der Waals surface area contributed by atoms with E-state index in [1.165, 1.54) is 26.2 Å². The smallest absolute Gasteiger partial charge is 0.257 e. The van der Waals surface area contributed by atoms with Crippen LogP contribution in [0.3, 0.4) is 0 Å². The van der Waals surface area contributed by atoms with E-state index in [-0.39, 0.29) is 16.4 Å². The lowest BCUT2D eigenvalue weighted by atomic mass is 9.99. The normalized spacial score (nSPS) is 16.7. The van der Waals surface area contributed by atoms with Gasteiger partial charge in [0, 0.05) is 52.2 Å². The molecule has 0 radical (unpaired) electrons. The molecule has 2 amide bonds. The van der Waals surface area contributed by atoms with Crippen LogP contribution in [-0.2, 0) is 32.5 Å². The molecule has 2 aromatic carbocycles. The van der Waals surface area contributed by atoms with Gasteiger partial charge in [-0.05, 0) is 41.5 Å². The summed E-state index contributed by atoms with van der Waals surface area (Å²) in [6.07, 6.45) is 0.339. The van der Waals surface area contributed by atoms with Crippen molar-refractivity contribution in [2.24, 2.45) is 0 Å². The van der Waals surface area contributed by atoms with Gasteiger partial charge >= 0.3 is 0 Å². The summed E-state index contributed by atoms with van der Waals surface area (Å²) in [5.74, 6) is -0.333. The molecule has 2 aliphatic heterocycles. The quantitative estimate of drug-likeness (QED) is 0.709. The molecule has 0 saturated carbocycles. The number of likely N-dealkylation sites (N-methyl/N-ethyl adjacent to an activating group) is 1. The van der Waals surface area contributed by atoms with E-state index in [2.05, 4.69) is 5.32 Å². The summed E-state index contributed by atoms with van der Waals surface area (Å²) in [4.78, 5) is 29.0.